The molecule has 36 heavy (non-hydrogen) atoms. The summed E-state index contributed by atoms with van der Waals surface area (Å²) < 4.78 is 16.1. The van der Waals surface area contributed by atoms with Gasteiger partial charge in [-0.15, -0.1) is 19.7 Å². The predicted octanol–water partition coefficient (Wildman–Crippen LogP) is 5.94. The Labute approximate surface area is 214 Å². The summed E-state index contributed by atoms with van der Waals surface area (Å²) in [6.45, 7) is 16.0. The van der Waals surface area contributed by atoms with E-state index in [9.17, 15) is 9.59 Å². The number of hydrogen-bond donors (Lipinski definition) is 2. The maximum absolute atomic E-state index is 11.8. The van der Waals surface area contributed by atoms with Crippen molar-refractivity contribution >= 4 is 11.9 Å². The Morgan fingerprint density at radius 1 is 0.722 bits per heavy atom. The molecule has 2 rings (SSSR count). The normalized spacial score (nSPS) is 9.33. The highest BCUT2D eigenvalue weighted by Crippen LogP contribution is 2.18. The molecule has 0 aromatic heterocycles. The first-order chi connectivity index (χ1) is 17.3. The molecule has 0 spiro atoms. The lowest BCUT2D eigenvalue weighted by molar-refractivity contribution is 0.0510. The minimum atomic E-state index is -0.938. The van der Waals surface area contributed by atoms with Crippen molar-refractivity contribution in [2.75, 3.05) is 26.9 Å². The molecule has 2 aromatic rings. The molecule has 0 aliphatic heterocycles. The zero-order valence-corrected chi connectivity index (χ0v) is 21.5. The highest BCUT2D eigenvalue weighted by molar-refractivity contribution is 5.90. The van der Waals surface area contributed by atoms with Crippen molar-refractivity contribution in [3.8, 4) is 11.5 Å². The van der Waals surface area contributed by atoms with Crippen LogP contribution in [-0.2, 0) is 4.74 Å². The van der Waals surface area contributed by atoms with Gasteiger partial charge < -0.3 is 24.4 Å². The Morgan fingerprint density at radius 3 is 1.58 bits per heavy atom. The topological polar surface area (TPSA) is 102 Å². The largest absolute Gasteiger partial charge is 0.493 e. The molecule has 196 valence electrons. The maximum atomic E-state index is 11.8. The van der Waals surface area contributed by atoms with Crippen molar-refractivity contribution in [1.29, 1.82) is 0 Å². The van der Waals surface area contributed by atoms with Gasteiger partial charge in [-0.1, -0.05) is 18.2 Å². The van der Waals surface area contributed by atoms with Gasteiger partial charge in [-0.3, -0.25) is 0 Å². The van der Waals surface area contributed by atoms with Crippen molar-refractivity contribution in [2.45, 2.75) is 33.1 Å². The number of aliphatic hydroxyl groups is 1. The number of aromatic carboxylic acids is 1. The SMILES string of the molecule is C=CCCOC(=O)c1cc(C)cc(OCCC=C)c1.C=CCCOc1cc(C)cc(C(=O)O)c1.CO. The van der Waals surface area contributed by atoms with E-state index in [0.29, 0.717) is 43.3 Å². The summed E-state index contributed by atoms with van der Waals surface area (Å²) in [5, 5.41) is 15.8. The average molecular weight is 499 g/mol. The average Bonchev–Trinajstić information content (AvgIpc) is 2.85. The molecule has 0 fully saturated rings. The number of rotatable bonds is 13. The smallest absolute Gasteiger partial charge is 0.338 e. The van der Waals surface area contributed by atoms with Crippen LogP contribution in [0, 0.1) is 13.8 Å². The Kier molecular flexibility index (Phi) is 17.4. The minimum absolute atomic E-state index is 0.253. The maximum Gasteiger partial charge on any atom is 0.338 e. The van der Waals surface area contributed by atoms with Gasteiger partial charge in [0.05, 0.1) is 30.9 Å². The molecule has 0 amide bonds. The summed E-state index contributed by atoms with van der Waals surface area (Å²) in [5.41, 5.74) is 2.61. The lowest BCUT2D eigenvalue weighted by atomic mass is 10.1. The Balaban J connectivity index is 0.000000651. The summed E-state index contributed by atoms with van der Waals surface area (Å²) in [5.74, 6) is -0.00170. The van der Waals surface area contributed by atoms with Crippen LogP contribution in [0.4, 0.5) is 0 Å². The van der Waals surface area contributed by atoms with Crippen molar-refractivity contribution in [2.24, 2.45) is 0 Å². The molecule has 0 unspecified atom stereocenters. The molecule has 7 nitrogen and oxygen atoms in total. The van der Waals surface area contributed by atoms with Crippen LogP contribution in [0.1, 0.15) is 51.1 Å². The van der Waals surface area contributed by atoms with Gasteiger partial charge in [0.25, 0.3) is 0 Å². The Hall–Kier alpha value is -3.84. The van der Waals surface area contributed by atoms with E-state index in [4.69, 9.17) is 24.4 Å². The molecule has 0 bridgehead atoms. The van der Waals surface area contributed by atoms with E-state index in [0.717, 1.165) is 31.1 Å². The third-order valence-electron chi connectivity index (χ3n) is 4.32. The lowest BCUT2D eigenvalue weighted by Gasteiger charge is -2.09. The molecule has 2 N–H and O–H groups in total. The monoisotopic (exact) mass is 498 g/mol. The van der Waals surface area contributed by atoms with Gasteiger partial charge in [0, 0.05) is 7.11 Å². The summed E-state index contributed by atoms with van der Waals surface area (Å²) in [6.07, 6.45) is 7.44. The van der Waals surface area contributed by atoms with Gasteiger partial charge in [0.2, 0.25) is 0 Å². The van der Waals surface area contributed by atoms with Gasteiger partial charge in [-0.05, 0) is 80.6 Å². The molecule has 7 heteroatoms. The highest BCUT2D eigenvalue weighted by Gasteiger charge is 2.09. The van der Waals surface area contributed by atoms with Crippen LogP contribution < -0.4 is 9.47 Å². The molecular weight excluding hydrogens is 460 g/mol. The van der Waals surface area contributed by atoms with Crippen molar-refractivity contribution in [3.63, 3.8) is 0 Å². The molecule has 0 heterocycles. The summed E-state index contributed by atoms with van der Waals surface area (Å²) >= 11 is 0. The summed E-state index contributed by atoms with van der Waals surface area (Å²) in [7, 11) is 1.00. The van der Waals surface area contributed by atoms with Crippen LogP contribution in [-0.4, -0.2) is 49.1 Å². The number of ether oxygens (including phenoxy) is 3. The molecule has 0 saturated carbocycles. The van der Waals surface area contributed by atoms with E-state index in [1.807, 2.05) is 26.0 Å². The number of carbonyl (C=O) groups is 2. The first-order valence-electron chi connectivity index (χ1n) is 11.5. The number of hydrogen-bond acceptors (Lipinski definition) is 6. The minimum Gasteiger partial charge on any atom is -0.493 e. The second-order valence-electron chi connectivity index (χ2n) is 7.44. The number of carboxylic acids is 1. The quantitative estimate of drug-likeness (QED) is 0.200. The number of aryl methyl sites for hydroxylation is 2. The van der Waals surface area contributed by atoms with Gasteiger partial charge in [0.1, 0.15) is 11.5 Å². The Bertz CT molecular complexity index is 980. The number of aliphatic hydroxyl groups excluding tert-OH is 1. The first kappa shape index (κ1) is 32.2. The summed E-state index contributed by atoms with van der Waals surface area (Å²) in [4.78, 5) is 22.6. The molecule has 0 aliphatic rings. The molecule has 0 aliphatic carbocycles. The predicted molar refractivity (Wildman–Crippen MR) is 143 cm³/mol. The number of benzene rings is 2. The molecule has 0 saturated heterocycles. The molecule has 2 aromatic carbocycles. The number of carboxylic acid groups (broad SMARTS) is 1. The van der Waals surface area contributed by atoms with Crippen molar-refractivity contribution in [3.05, 3.63) is 96.6 Å². The lowest BCUT2D eigenvalue weighted by Crippen LogP contribution is -2.07. The highest BCUT2D eigenvalue weighted by atomic mass is 16.5. The number of esters is 1. The van der Waals surface area contributed by atoms with E-state index in [-0.39, 0.29) is 11.5 Å². The molecular formula is C29H38O7. The second-order valence-corrected chi connectivity index (χ2v) is 7.44. The first-order valence-corrected chi connectivity index (χ1v) is 11.5. The van der Waals surface area contributed by atoms with Gasteiger partial charge in [-0.2, -0.15) is 0 Å². The fourth-order valence-corrected chi connectivity index (χ4v) is 2.74. The van der Waals surface area contributed by atoms with Crippen LogP contribution in [0.15, 0.2) is 74.4 Å². The second kappa shape index (κ2) is 19.5. The summed E-state index contributed by atoms with van der Waals surface area (Å²) in [6, 6.07) is 10.3. The van der Waals surface area contributed by atoms with E-state index in [1.54, 1.807) is 36.4 Å². The van der Waals surface area contributed by atoms with Crippen LogP contribution in [0.5, 0.6) is 11.5 Å². The third-order valence-corrected chi connectivity index (χ3v) is 4.32. The fraction of sp³-hybridized carbons (Fsp3) is 0.310. The Morgan fingerprint density at radius 2 is 1.14 bits per heavy atom. The van der Waals surface area contributed by atoms with E-state index in [2.05, 4.69) is 19.7 Å². The van der Waals surface area contributed by atoms with Crippen molar-refractivity contribution in [1.82, 2.24) is 0 Å². The van der Waals surface area contributed by atoms with Crippen LogP contribution >= 0.6 is 0 Å². The van der Waals surface area contributed by atoms with Crippen molar-refractivity contribution < 1.29 is 34.0 Å². The molecule has 0 radical (unpaired) electrons. The van der Waals surface area contributed by atoms with Crippen LogP contribution in [0.3, 0.4) is 0 Å². The van der Waals surface area contributed by atoms with E-state index >= 15 is 0 Å². The number of carbonyl (C=O) groups excluding carboxylic acids is 1. The molecule has 0 atom stereocenters. The zero-order valence-electron chi connectivity index (χ0n) is 21.5. The van der Waals surface area contributed by atoms with Gasteiger partial charge in [0.15, 0.2) is 0 Å². The van der Waals surface area contributed by atoms with Gasteiger partial charge >= 0.3 is 11.9 Å². The zero-order chi connectivity index (χ0) is 27.3. The standard InChI is InChI=1S/C16H20O3.C12H14O3.CH4O/c1-4-6-8-18-15-11-13(3)10-14(12-15)16(17)19-9-7-5-2;1-3-4-5-15-11-7-9(2)6-10(8-11)12(13)14;1-2/h4-5,10-12H,1-2,6-9H2,3H3;3,6-8H,1,4-5H2,2H3,(H,13,14);2H,1H3. The van der Waals surface area contributed by atoms with Crippen LogP contribution in [0.2, 0.25) is 0 Å². The van der Waals surface area contributed by atoms with E-state index < -0.39 is 5.97 Å². The fourth-order valence-electron chi connectivity index (χ4n) is 2.74. The van der Waals surface area contributed by atoms with E-state index in [1.165, 1.54) is 6.07 Å². The van der Waals surface area contributed by atoms with Crippen LogP contribution in [0.25, 0.3) is 0 Å². The third kappa shape index (κ3) is 13.8. The van der Waals surface area contributed by atoms with Gasteiger partial charge in [-0.25, -0.2) is 9.59 Å².